The zero-order chi connectivity index (χ0) is 23.6. The molecule has 6 nitrogen and oxygen atoms in total. The summed E-state index contributed by atoms with van der Waals surface area (Å²) in [5.74, 6) is 1.48. The second-order valence-electron chi connectivity index (χ2n) is 8.29. The summed E-state index contributed by atoms with van der Waals surface area (Å²) in [7, 11) is 0. The fraction of sp³-hybridized carbons (Fsp3) is 0.286. The lowest BCUT2D eigenvalue weighted by Crippen LogP contribution is -2.44. The van der Waals surface area contributed by atoms with Crippen molar-refractivity contribution >= 4 is 11.7 Å². The van der Waals surface area contributed by atoms with Crippen LogP contribution in [-0.2, 0) is 11.3 Å². The van der Waals surface area contributed by atoms with E-state index in [2.05, 4.69) is 5.32 Å². The Balaban J connectivity index is 1.22. The van der Waals surface area contributed by atoms with Gasteiger partial charge in [-0.3, -0.25) is 14.5 Å². The fourth-order valence-electron chi connectivity index (χ4n) is 4.06. The van der Waals surface area contributed by atoms with Crippen LogP contribution in [0.5, 0.6) is 11.5 Å². The second kappa shape index (κ2) is 12.0. The van der Waals surface area contributed by atoms with Gasteiger partial charge in [0.2, 0.25) is 5.91 Å². The molecule has 6 heteroatoms. The molecule has 0 unspecified atom stereocenters. The maximum Gasteiger partial charge on any atom is 0.237 e. The minimum absolute atomic E-state index is 0.00159. The molecule has 1 amide bonds. The average Bonchev–Trinajstić information content (AvgIpc) is 3.35. The van der Waals surface area contributed by atoms with Crippen molar-refractivity contribution in [3.8, 4) is 11.5 Å². The van der Waals surface area contributed by atoms with Crippen LogP contribution in [0.2, 0.25) is 0 Å². The maximum absolute atomic E-state index is 12.8. The zero-order valence-corrected chi connectivity index (χ0v) is 19.2. The lowest BCUT2D eigenvalue weighted by molar-refractivity contribution is -0.125. The molecule has 1 atom stereocenters. The van der Waals surface area contributed by atoms with Gasteiger partial charge < -0.3 is 14.8 Å². The Bertz CT molecular complexity index is 1050. The van der Waals surface area contributed by atoms with Gasteiger partial charge in [0.25, 0.3) is 0 Å². The number of ether oxygens (including phenoxy) is 2. The third-order valence-electron chi connectivity index (χ3n) is 5.86. The van der Waals surface area contributed by atoms with Crippen LogP contribution in [0.3, 0.4) is 0 Å². The van der Waals surface area contributed by atoms with Crippen molar-refractivity contribution < 1.29 is 19.1 Å². The Labute approximate surface area is 200 Å². The Morgan fingerprint density at radius 2 is 1.44 bits per heavy atom. The van der Waals surface area contributed by atoms with Crippen LogP contribution >= 0.6 is 0 Å². The van der Waals surface area contributed by atoms with Crippen molar-refractivity contribution in [1.82, 2.24) is 10.2 Å². The maximum atomic E-state index is 12.8. The van der Waals surface area contributed by atoms with Crippen LogP contribution in [-0.4, -0.2) is 48.9 Å². The highest BCUT2D eigenvalue weighted by atomic mass is 16.5. The van der Waals surface area contributed by atoms with Gasteiger partial charge in [-0.05, 0) is 61.3 Å². The molecular weight excluding hydrogens is 428 g/mol. The third kappa shape index (κ3) is 6.68. The van der Waals surface area contributed by atoms with Crippen LogP contribution in [0.1, 0.15) is 28.8 Å². The highest BCUT2D eigenvalue weighted by Gasteiger charge is 2.31. The number of para-hydroxylation sites is 1. The molecule has 3 aromatic rings. The van der Waals surface area contributed by atoms with E-state index < -0.39 is 0 Å². The van der Waals surface area contributed by atoms with Gasteiger partial charge in [-0.25, -0.2) is 0 Å². The number of amides is 1. The molecule has 1 aliphatic rings. The summed E-state index contributed by atoms with van der Waals surface area (Å²) in [5, 5.41) is 3.01. The molecule has 34 heavy (non-hydrogen) atoms. The minimum atomic E-state index is -0.264. The van der Waals surface area contributed by atoms with Crippen LogP contribution in [0.4, 0.5) is 0 Å². The first-order valence-corrected chi connectivity index (χ1v) is 11.7. The smallest absolute Gasteiger partial charge is 0.237 e. The largest absolute Gasteiger partial charge is 0.490 e. The van der Waals surface area contributed by atoms with Gasteiger partial charge in [-0.15, -0.1) is 0 Å². The van der Waals surface area contributed by atoms with Crippen molar-refractivity contribution in [2.45, 2.75) is 25.4 Å². The quantitative estimate of drug-likeness (QED) is 0.346. The van der Waals surface area contributed by atoms with Gasteiger partial charge in [0.05, 0.1) is 12.6 Å². The van der Waals surface area contributed by atoms with E-state index in [4.69, 9.17) is 9.47 Å². The molecule has 1 aliphatic heterocycles. The first-order chi connectivity index (χ1) is 16.7. The Morgan fingerprint density at radius 1 is 0.824 bits per heavy atom. The van der Waals surface area contributed by atoms with Gasteiger partial charge >= 0.3 is 0 Å². The summed E-state index contributed by atoms with van der Waals surface area (Å²) in [4.78, 5) is 27.5. The fourth-order valence-corrected chi connectivity index (χ4v) is 4.06. The third-order valence-corrected chi connectivity index (χ3v) is 5.86. The molecule has 0 bridgehead atoms. The standard InChI is InChI=1S/C28H30N2O4/c31-27(21-30-17-7-12-26(30)28(32)29-20-22-8-3-1-4-9-22)23-13-15-25(16-14-23)34-19-18-33-24-10-5-2-6-11-24/h1-6,8-11,13-16,26H,7,12,17-21H2,(H,29,32)/t26-/m0/s1. The first-order valence-electron chi connectivity index (χ1n) is 11.7. The number of rotatable bonds is 11. The highest BCUT2D eigenvalue weighted by Crippen LogP contribution is 2.19. The predicted molar refractivity (Wildman–Crippen MR) is 131 cm³/mol. The molecule has 1 N–H and O–H groups in total. The lowest BCUT2D eigenvalue weighted by Gasteiger charge is -2.23. The second-order valence-corrected chi connectivity index (χ2v) is 8.29. The molecule has 0 saturated carbocycles. The summed E-state index contributed by atoms with van der Waals surface area (Å²) in [6, 6.07) is 26.3. The average molecular weight is 459 g/mol. The number of carbonyl (C=O) groups is 2. The van der Waals surface area contributed by atoms with Crippen LogP contribution in [0.15, 0.2) is 84.9 Å². The molecule has 0 aromatic heterocycles. The Hall–Kier alpha value is -3.64. The van der Waals surface area contributed by atoms with Crippen LogP contribution in [0.25, 0.3) is 0 Å². The summed E-state index contributed by atoms with van der Waals surface area (Å²) in [5.41, 5.74) is 1.67. The number of hydrogen-bond acceptors (Lipinski definition) is 5. The van der Waals surface area contributed by atoms with E-state index in [1.807, 2.05) is 65.6 Å². The first kappa shape index (κ1) is 23.5. The lowest BCUT2D eigenvalue weighted by atomic mass is 10.1. The van der Waals surface area contributed by atoms with Crippen molar-refractivity contribution in [3.05, 3.63) is 96.1 Å². The predicted octanol–water partition coefficient (Wildman–Crippen LogP) is 4.11. The van der Waals surface area contributed by atoms with Crippen molar-refractivity contribution in [3.63, 3.8) is 0 Å². The van der Waals surface area contributed by atoms with E-state index in [0.717, 1.165) is 30.7 Å². The van der Waals surface area contributed by atoms with E-state index in [-0.39, 0.29) is 24.3 Å². The molecule has 0 spiro atoms. The molecule has 1 fully saturated rings. The van der Waals surface area contributed by atoms with Crippen LogP contribution in [0, 0.1) is 0 Å². The molecule has 1 heterocycles. The number of carbonyl (C=O) groups excluding carboxylic acids is 2. The van der Waals surface area contributed by atoms with Gasteiger partial charge in [-0.1, -0.05) is 48.5 Å². The SMILES string of the molecule is O=C(CN1CCC[C@H]1C(=O)NCc1ccccc1)c1ccc(OCCOc2ccccc2)cc1. The monoisotopic (exact) mass is 458 g/mol. The number of ketones is 1. The van der Waals surface area contributed by atoms with E-state index >= 15 is 0 Å². The van der Waals surface area contributed by atoms with Crippen LogP contribution < -0.4 is 14.8 Å². The molecule has 3 aromatic carbocycles. The number of benzene rings is 3. The number of nitrogens with zero attached hydrogens (tertiary/aromatic N) is 1. The summed E-state index contributed by atoms with van der Waals surface area (Å²) in [6.45, 7) is 2.32. The topological polar surface area (TPSA) is 67.9 Å². The van der Waals surface area contributed by atoms with Crippen molar-refractivity contribution in [1.29, 1.82) is 0 Å². The summed E-state index contributed by atoms with van der Waals surface area (Å²) < 4.78 is 11.3. The number of likely N-dealkylation sites (tertiary alicyclic amines) is 1. The number of Topliss-reactive ketones (excluding diaryl/α,β-unsaturated/α-hetero) is 1. The summed E-state index contributed by atoms with van der Waals surface area (Å²) in [6.07, 6.45) is 1.68. The molecule has 0 aliphatic carbocycles. The molecule has 0 radical (unpaired) electrons. The molecular formula is C28H30N2O4. The Kier molecular flexibility index (Phi) is 8.30. The van der Waals surface area contributed by atoms with Crippen molar-refractivity contribution in [2.75, 3.05) is 26.3 Å². The molecule has 1 saturated heterocycles. The van der Waals surface area contributed by atoms with Gasteiger partial charge in [0.15, 0.2) is 5.78 Å². The van der Waals surface area contributed by atoms with Gasteiger partial charge in [-0.2, -0.15) is 0 Å². The Morgan fingerprint density at radius 3 is 2.12 bits per heavy atom. The zero-order valence-electron chi connectivity index (χ0n) is 19.2. The van der Waals surface area contributed by atoms with E-state index in [9.17, 15) is 9.59 Å². The van der Waals surface area contributed by atoms with E-state index in [1.54, 1.807) is 24.3 Å². The molecule has 4 rings (SSSR count). The highest BCUT2D eigenvalue weighted by molar-refractivity contribution is 5.98. The number of nitrogens with one attached hydrogen (secondary N) is 1. The van der Waals surface area contributed by atoms with Gasteiger partial charge in [0.1, 0.15) is 24.7 Å². The minimum Gasteiger partial charge on any atom is -0.490 e. The summed E-state index contributed by atoms with van der Waals surface area (Å²) >= 11 is 0. The van der Waals surface area contributed by atoms with Crippen molar-refractivity contribution in [2.24, 2.45) is 0 Å². The molecule has 176 valence electrons. The van der Waals surface area contributed by atoms with E-state index in [1.165, 1.54) is 0 Å². The van der Waals surface area contributed by atoms with E-state index in [0.29, 0.717) is 31.1 Å². The normalized spacial score (nSPS) is 15.6. The number of hydrogen-bond donors (Lipinski definition) is 1. The van der Waals surface area contributed by atoms with Gasteiger partial charge in [0, 0.05) is 12.1 Å².